The first-order valence-corrected chi connectivity index (χ1v) is 14.1. The van der Waals surface area contributed by atoms with E-state index in [1.807, 2.05) is 6.92 Å². The first-order chi connectivity index (χ1) is 19.5. The number of nitrogens with zero attached hydrogens (tertiary/aromatic N) is 7. The molecule has 1 unspecified atom stereocenters. The highest BCUT2D eigenvalue weighted by Crippen LogP contribution is 2.36. The normalized spacial score (nSPS) is 20.9. The van der Waals surface area contributed by atoms with Crippen molar-refractivity contribution >= 4 is 22.9 Å². The molecule has 0 aromatic carbocycles. The van der Waals surface area contributed by atoms with Gasteiger partial charge in [0.15, 0.2) is 11.5 Å². The summed E-state index contributed by atoms with van der Waals surface area (Å²) in [5.41, 5.74) is 2.12. The largest absolute Gasteiger partial charge is 0.439 e. The summed E-state index contributed by atoms with van der Waals surface area (Å²) >= 11 is 0. The molecule has 0 bridgehead atoms. The van der Waals surface area contributed by atoms with Crippen LogP contribution in [0.4, 0.5) is 11.8 Å². The van der Waals surface area contributed by atoms with E-state index < -0.39 is 5.76 Å². The van der Waals surface area contributed by atoms with Crippen LogP contribution in [0, 0.1) is 30.1 Å². The molecule has 40 heavy (non-hydrogen) atoms. The van der Waals surface area contributed by atoms with Crippen LogP contribution in [0.1, 0.15) is 70.5 Å². The number of fused-ring (bicyclic) bond motifs is 1. The Labute approximate surface area is 231 Å². The first-order valence-electron chi connectivity index (χ1n) is 14.1. The maximum atomic E-state index is 11.7. The lowest BCUT2D eigenvalue weighted by molar-refractivity contribution is 0.284. The van der Waals surface area contributed by atoms with E-state index in [0.717, 1.165) is 43.4 Å². The van der Waals surface area contributed by atoms with Crippen LogP contribution in [0.25, 0.3) is 22.8 Å². The quantitative estimate of drug-likeness (QED) is 0.263. The lowest BCUT2D eigenvalue weighted by Crippen LogP contribution is -2.31. The minimum absolute atomic E-state index is 0.147. The zero-order valence-electron chi connectivity index (χ0n) is 22.8. The zero-order chi connectivity index (χ0) is 27.6. The Morgan fingerprint density at radius 1 is 1.12 bits per heavy atom. The van der Waals surface area contributed by atoms with E-state index in [4.69, 9.17) is 25.9 Å². The average Bonchev–Trinajstić information content (AvgIpc) is 3.52. The number of rotatable bonds is 9. The van der Waals surface area contributed by atoms with Crippen LogP contribution in [0.15, 0.2) is 27.9 Å². The van der Waals surface area contributed by atoms with Gasteiger partial charge < -0.3 is 15.2 Å². The molecule has 12 heteroatoms. The summed E-state index contributed by atoms with van der Waals surface area (Å²) in [6.45, 7) is 4.96. The summed E-state index contributed by atoms with van der Waals surface area (Å²) in [5, 5.41) is 11.0. The van der Waals surface area contributed by atoms with Gasteiger partial charge in [-0.15, -0.1) is 12.3 Å². The highest BCUT2D eigenvalue weighted by Gasteiger charge is 2.29. The number of hydrogen-bond acceptors (Lipinski definition) is 10. The van der Waals surface area contributed by atoms with Gasteiger partial charge in [-0.3, -0.25) is 19.5 Å². The van der Waals surface area contributed by atoms with Crippen molar-refractivity contribution in [2.45, 2.75) is 77.4 Å². The van der Waals surface area contributed by atoms with E-state index in [0.29, 0.717) is 35.2 Å². The lowest BCUT2D eigenvalue weighted by Gasteiger charge is -2.32. The molecule has 2 fully saturated rings. The van der Waals surface area contributed by atoms with Crippen molar-refractivity contribution in [3.05, 3.63) is 34.8 Å². The lowest BCUT2D eigenvalue weighted by atomic mass is 9.80. The molecule has 0 radical (unpaired) electrons. The maximum absolute atomic E-state index is 11.7. The van der Waals surface area contributed by atoms with Crippen molar-refractivity contribution in [3.8, 4) is 24.0 Å². The Morgan fingerprint density at radius 3 is 2.60 bits per heavy atom. The maximum Gasteiger partial charge on any atom is 0.439 e. The molecule has 2 saturated carbocycles. The van der Waals surface area contributed by atoms with E-state index in [9.17, 15) is 4.79 Å². The average molecular weight is 543 g/mol. The molecule has 4 aromatic rings. The van der Waals surface area contributed by atoms with Gasteiger partial charge in [0, 0.05) is 30.9 Å². The van der Waals surface area contributed by atoms with Crippen molar-refractivity contribution in [3.63, 3.8) is 0 Å². The summed E-state index contributed by atoms with van der Waals surface area (Å²) in [4.78, 5) is 37.5. The third kappa shape index (κ3) is 5.28. The number of hydrogen-bond donors (Lipinski definition) is 3. The van der Waals surface area contributed by atoms with Crippen LogP contribution < -0.4 is 16.4 Å². The Balaban J connectivity index is 1.44. The fourth-order valence-electron chi connectivity index (χ4n) is 5.70. The second-order valence-electron chi connectivity index (χ2n) is 11.1. The Morgan fingerprint density at radius 2 is 1.95 bits per heavy atom. The van der Waals surface area contributed by atoms with Crippen molar-refractivity contribution in [2.75, 3.05) is 10.6 Å². The molecular formula is C28H34N10O2. The molecule has 0 spiro atoms. The van der Waals surface area contributed by atoms with Crippen molar-refractivity contribution in [1.29, 1.82) is 0 Å². The molecule has 208 valence electrons. The van der Waals surface area contributed by atoms with Crippen LogP contribution in [0.5, 0.6) is 0 Å². The molecule has 4 heterocycles. The van der Waals surface area contributed by atoms with E-state index >= 15 is 0 Å². The Bertz CT molecular complexity index is 1560. The smallest absolute Gasteiger partial charge is 0.365 e. The zero-order valence-corrected chi connectivity index (χ0v) is 22.8. The third-order valence-electron chi connectivity index (χ3n) is 8.37. The molecule has 2 atom stereocenters. The minimum Gasteiger partial charge on any atom is -0.365 e. The molecule has 2 aliphatic rings. The molecule has 0 aliphatic heterocycles. The molecule has 2 aliphatic carbocycles. The van der Waals surface area contributed by atoms with E-state index in [-0.39, 0.29) is 23.7 Å². The molecule has 6 rings (SSSR count). The van der Waals surface area contributed by atoms with Crippen molar-refractivity contribution in [1.82, 2.24) is 39.6 Å². The van der Waals surface area contributed by atoms with Gasteiger partial charge in [0.25, 0.3) is 0 Å². The second-order valence-corrected chi connectivity index (χ2v) is 11.1. The van der Waals surface area contributed by atoms with Gasteiger partial charge in [0.1, 0.15) is 5.52 Å². The first kappa shape index (κ1) is 26.0. The number of imidazole rings is 1. The third-order valence-corrected chi connectivity index (χ3v) is 8.37. The van der Waals surface area contributed by atoms with Gasteiger partial charge in [0.05, 0.1) is 17.9 Å². The molecule has 0 saturated heterocycles. The van der Waals surface area contributed by atoms with Gasteiger partial charge in [-0.2, -0.15) is 4.98 Å². The number of aromatic amines is 1. The molecule has 0 amide bonds. The highest BCUT2D eigenvalue weighted by molar-refractivity contribution is 5.87. The molecule has 12 nitrogen and oxygen atoms in total. The van der Waals surface area contributed by atoms with Gasteiger partial charge in [-0.05, 0) is 64.2 Å². The topological polar surface area (TPSA) is 152 Å². The number of nitrogens with one attached hydrogen (secondary N) is 3. The number of aromatic nitrogens is 8. The van der Waals surface area contributed by atoms with Gasteiger partial charge in [0.2, 0.25) is 17.6 Å². The Hall–Kier alpha value is -4.27. The Kier molecular flexibility index (Phi) is 7.19. The summed E-state index contributed by atoms with van der Waals surface area (Å²) in [6, 6.07) is 0.0615. The monoisotopic (exact) mass is 542 g/mol. The summed E-state index contributed by atoms with van der Waals surface area (Å²) in [6.07, 6.45) is 18.6. The predicted octanol–water partition coefficient (Wildman–Crippen LogP) is 4.17. The van der Waals surface area contributed by atoms with Crippen molar-refractivity contribution in [2.24, 2.45) is 17.8 Å². The standard InChI is InChI=1S/C28H34N10O2/c1-4-18-8-10-19(11-9-18)15-38-22-23(31-16(2)20-6-5-7-20)33-25(26-36-28(39)40-37-26)34-24(22)35-27(38)32-17(3)21-14-29-12-13-30-21/h1,12-14,16-20H,5-11,15H2,2-3H3,(H,36,37,39)(H2,31,32,33,34,35)/t16-,17?,18-,19-/m1/s1. The van der Waals surface area contributed by atoms with E-state index in [2.05, 4.69) is 48.2 Å². The fourth-order valence-corrected chi connectivity index (χ4v) is 5.70. The number of H-pyrrole nitrogens is 1. The summed E-state index contributed by atoms with van der Waals surface area (Å²) < 4.78 is 6.93. The van der Waals surface area contributed by atoms with Gasteiger partial charge in [-0.25, -0.2) is 14.8 Å². The molecular weight excluding hydrogens is 508 g/mol. The van der Waals surface area contributed by atoms with Crippen LogP contribution in [0.2, 0.25) is 0 Å². The van der Waals surface area contributed by atoms with Crippen LogP contribution in [-0.4, -0.2) is 45.7 Å². The number of terminal acetylenes is 1. The SMILES string of the molecule is C#C[C@H]1CC[C@H](Cn2c(NC(C)c3cnccn3)nc3nc(-c4noc(=O)[nH]4)nc(N[C@H](C)C4CCC4)c32)CC1. The minimum atomic E-state index is -0.663. The second kappa shape index (κ2) is 11.1. The number of anilines is 2. The van der Waals surface area contributed by atoms with Crippen LogP contribution >= 0.6 is 0 Å². The summed E-state index contributed by atoms with van der Waals surface area (Å²) in [5.74, 6) is 5.37. The van der Waals surface area contributed by atoms with Gasteiger partial charge >= 0.3 is 5.76 Å². The van der Waals surface area contributed by atoms with Gasteiger partial charge in [-0.1, -0.05) is 11.6 Å². The summed E-state index contributed by atoms with van der Waals surface area (Å²) in [7, 11) is 0. The highest BCUT2D eigenvalue weighted by atomic mass is 16.5. The van der Waals surface area contributed by atoms with Crippen LogP contribution in [0.3, 0.4) is 0 Å². The van der Waals surface area contributed by atoms with Crippen molar-refractivity contribution < 1.29 is 4.52 Å². The molecule has 3 N–H and O–H groups in total. The molecule has 4 aromatic heterocycles. The predicted molar refractivity (Wildman–Crippen MR) is 150 cm³/mol. The fraction of sp³-hybridized carbons (Fsp3) is 0.536. The van der Waals surface area contributed by atoms with E-state index in [1.54, 1.807) is 18.6 Å². The van der Waals surface area contributed by atoms with Crippen LogP contribution in [-0.2, 0) is 6.54 Å². The van der Waals surface area contributed by atoms with E-state index in [1.165, 1.54) is 19.3 Å².